The molecule has 0 atom stereocenters. The molecule has 10 heteroatoms. The lowest BCUT2D eigenvalue weighted by Gasteiger charge is -2.17. The van der Waals surface area contributed by atoms with Crippen molar-refractivity contribution in [1.29, 1.82) is 0 Å². The number of likely N-dealkylation sites (N-methyl/N-ethyl adjacent to an activating group) is 1. The summed E-state index contributed by atoms with van der Waals surface area (Å²) in [7, 11) is 1.43. The molecular weight excluding hydrogens is 398 g/mol. The van der Waals surface area contributed by atoms with Crippen LogP contribution in [0.4, 0.5) is 5.69 Å². The van der Waals surface area contributed by atoms with Gasteiger partial charge in [0.05, 0.1) is 22.9 Å². The fourth-order valence-corrected chi connectivity index (χ4v) is 2.78. The highest BCUT2D eigenvalue weighted by atomic mass is 35.5. The van der Waals surface area contributed by atoms with E-state index in [9.17, 15) is 14.4 Å². The Kier molecular flexibility index (Phi) is 6.08. The zero-order valence-electron chi connectivity index (χ0n) is 15.8. The van der Waals surface area contributed by atoms with Gasteiger partial charge in [0.25, 0.3) is 5.91 Å². The maximum atomic E-state index is 12.4. The Morgan fingerprint density at radius 1 is 1.24 bits per heavy atom. The van der Waals surface area contributed by atoms with Crippen molar-refractivity contribution in [2.45, 2.75) is 6.92 Å². The average Bonchev–Trinajstić information content (AvgIpc) is 3.03. The molecule has 0 aliphatic carbocycles. The van der Waals surface area contributed by atoms with Gasteiger partial charge >= 0.3 is 5.97 Å². The first-order chi connectivity index (χ1) is 13.9. The molecule has 0 fully saturated rings. The number of rotatable bonds is 6. The van der Waals surface area contributed by atoms with E-state index >= 15 is 0 Å². The van der Waals surface area contributed by atoms with Gasteiger partial charge in [-0.25, -0.2) is 14.3 Å². The van der Waals surface area contributed by atoms with Crippen molar-refractivity contribution < 1.29 is 19.1 Å². The van der Waals surface area contributed by atoms with Crippen molar-refractivity contribution in [2.24, 2.45) is 0 Å². The van der Waals surface area contributed by atoms with E-state index in [0.29, 0.717) is 22.1 Å². The van der Waals surface area contributed by atoms with Gasteiger partial charge in [0.15, 0.2) is 12.3 Å². The lowest BCUT2D eigenvalue weighted by molar-refractivity contribution is -0.136. The lowest BCUT2D eigenvalue weighted by Crippen LogP contribution is -2.37. The molecule has 0 aliphatic heterocycles. The average molecular weight is 416 g/mol. The summed E-state index contributed by atoms with van der Waals surface area (Å²) in [6.45, 7) is 0.912. The summed E-state index contributed by atoms with van der Waals surface area (Å²) in [5.41, 5.74) is 1.42. The number of nitrogens with zero attached hydrogens (tertiary/aromatic N) is 4. The van der Waals surface area contributed by atoms with Gasteiger partial charge < -0.3 is 15.0 Å². The molecular formula is C19H18ClN5O4. The Balaban J connectivity index is 1.55. The summed E-state index contributed by atoms with van der Waals surface area (Å²) in [4.78, 5) is 42.0. The SMILES string of the molecule is Cc1nn2cccnc2c1C(=O)OCC(=O)N(C)CC(=O)Nc1ccccc1Cl. The number of halogens is 1. The maximum Gasteiger partial charge on any atom is 0.344 e. The van der Waals surface area contributed by atoms with Crippen LogP contribution >= 0.6 is 11.6 Å². The van der Waals surface area contributed by atoms with E-state index in [-0.39, 0.29) is 12.1 Å². The van der Waals surface area contributed by atoms with E-state index in [1.165, 1.54) is 17.8 Å². The Morgan fingerprint density at radius 3 is 2.76 bits per heavy atom. The molecule has 2 amide bonds. The number of para-hydroxylation sites is 1. The largest absolute Gasteiger partial charge is 0.452 e. The number of ether oxygens (including phenoxy) is 1. The van der Waals surface area contributed by atoms with Gasteiger partial charge in [-0.3, -0.25) is 9.59 Å². The van der Waals surface area contributed by atoms with Crippen LogP contribution in [0.5, 0.6) is 0 Å². The number of hydrogen-bond donors (Lipinski definition) is 1. The van der Waals surface area contributed by atoms with Gasteiger partial charge in [-0.15, -0.1) is 0 Å². The number of amides is 2. The van der Waals surface area contributed by atoms with Crippen LogP contribution in [0.25, 0.3) is 5.65 Å². The highest BCUT2D eigenvalue weighted by molar-refractivity contribution is 6.33. The third-order valence-corrected chi connectivity index (χ3v) is 4.39. The normalized spacial score (nSPS) is 10.6. The first kappa shape index (κ1) is 20.3. The predicted molar refractivity (Wildman–Crippen MR) is 106 cm³/mol. The van der Waals surface area contributed by atoms with E-state index in [4.69, 9.17) is 16.3 Å². The predicted octanol–water partition coefficient (Wildman–Crippen LogP) is 1.95. The number of aryl methyl sites for hydroxylation is 1. The van der Waals surface area contributed by atoms with Crippen molar-refractivity contribution in [2.75, 3.05) is 25.5 Å². The number of carbonyl (C=O) groups is 3. The first-order valence-corrected chi connectivity index (χ1v) is 9.00. The number of hydrogen-bond acceptors (Lipinski definition) is 6. The maximum absolute atomic E-state index is 12.4. The second-order valence-electron chi connectivity index (χ2n) is 6.20. The van der Waals surface area contributed by atoms with Crippen molar-refractivity contribution in [3.05, 3.63) is 59.0 Å². The summed E-state index contributed by atoms with van der Waals surface area (Å²) >= 11 is 5.99. The van der Waals surface area contributed by atoms with Crippen molar-refractivity contribution in [3.63, 3.8) is 0 Å². The van der Waals surface area contributed by atoms with Crippen molar-refractivity contribution in [3.8, 4) is 0 Å². The summed E-state index contributed by atoms with van der Waals surface area (Å²) in [6.07, 6.45) is 3.19. The Bertz CT molecular complexity index is 1080. The van der Waals surface area contributed by atoms with Crippen LogP contribution in [0.2, 0.25) is 5.02 Å². The van der Waals surface area contributed by atoms with E-state index in [1.54, 1.807) is 43.5 Å². The summed E-state index contributed by atoms with van der Waals surface area (Å²) in [6, 6.07) is 8.44. The standard InChI is InChI=1S/C19H18ClN5O4/c1-12-17(18-21-8-5-9-25(18)23-12)19(28)29-11-16(27)24(2)10-15(26)22-14-7-4-3-6-13(14)20/h3-9H,10-11H2,1-2H3,(H,22,26). The number of benzene rings is 1. The highest BCUT2D eigenvalue weighted by Crippen LogP contribution is 2.20. The second kappa shape index (κ2) is 8.70. The molecule has 0 unspecified atom stereocenters. The smallest absolute Gasteiger partial charge is 0.344 e. The van der Waals surface area contributed by atoms with Crippen LogP contribution in [0.3, 0.4) is 0 Å². The quantitative estimate of drug-likeness (QED) is 0.617. The molecule has 150 valence electrons. The number of carbonyl (C=O) groups excluding carboxylic acids is 3. The number of nitrogens with one attached hydrogen (secondary N) is 1. The molecule has 0 bridgehead atoms. The monoisotopic (exact) mass is 415 g/mol. The Hall–Kier alpha value is -3.46. The zero-order valence-corrected chi connectivity index (χ0v) is 16.5. The number of aromatic nitrogens is 3. The minimum absolute atomic E-state index is 0.192. The summed E-state index contributed by atoms with van der Waals surface area (Å²) < 4.78 is 6.56. The zero-order chi connectivity index (χ0) is 21.0. The number of anilines is 1. The summed E-state index contributed by atoms with van der Waals surface area (Å²) in [5, 5.41) is 7.19. The van der Waals surface area contributed by atoms with Crippen LogP contribution in [-0.4, -0.2) is 57.5 Å². The highest BCUT2D eigenvalue weighted by Gasteiger charge is 2.22. The van der Waals surface area contributed by atoms with Crippen LogP contribution in [-0.2, 0) is 14.3 Å². The molecule has 0 spiro atoms. The van der Waals surface area contributed by atoms with Crippen molar-refractivity contribution in [1.82, 2.24) is 19.5 Å². The van der Waals surface area contributed by atoms with E-state index < -0.39 is 24.4 Å². The molecule has 3 rings (SSSR count). The van der Waals surface area contributed by atoms with Gasteiger partial charge in [0, 0.05) is 19.4 Å². The molecule has 3 aromatic rings. The molecule has 0 radical (unpaired) electrons. The van der Waals surface area contributed by atoms with E-state index in [1.807, 2.05) is 0 Å². The fraction of sp³-hybridized carbons (Fsp3) is 0.211. The van der Waals surface area contributed by atoms with Crippen LogP contribution < -0.4 is 5.32 Å². The van der Waals surface area contributed by atoms with Crippen LogP contribution in [0.15, 0.2) is 42.7 Å². The number of fused-ring (bicyclic) bond motifs is 1. The molecule has 0 saturated heterocycles. The van der Waals surface area contributed by atoms with Gasteiger partial charge in [-0.2, -0.15) is 5.10 Å². The number of esters is 1. The van der Waals surface area contributed by atoms with Crippen LogP contribution in [0.1, 0.15) is 16.1 Å². The van der Waals surface area contributed by atoms with Crippen molar-refractivity contribution >= 4 is 40.7 Å². The molecule has 0 saturated carbocycles. The van der Waals surface area contributed by atoms with Gasteiger partial charge in [-0.1, -0.05) is 23.7 Å². The Labute approximate surface area is 171 Å². The third-order valence-electron chi connectivity index (χ3n) is 4.06. The van der Waals surface area contributed by atoms with Gasteiger partial charge in [0.2, 0.25) is 5.91 Å². The van der Waals surface area contributed by atoms with Gasteiger partial charge in [0.1, 0.15) is 5.56 Å². The van der Waals surface area contributed by atoms with Gasteiger partial charge in [-0.05, 0) is 25.1 Å². The first-order valence-electron chi connectivity index (χ1n) is 8.62. The topological polar surface area (TPSA) is 106 Å². The molecule has 2 aromatic heterocycles. The molecule has 1 N–H and O–H groups in total. The fourth-order valence-electron chi connectivity index (χ4n) is 2.60. The van der Waals surface area contributed by atoms with E-state index in [2.05, 4.69) is 15.4 Å². The Morgan fingerprint density at radius 2 is 2.00 bits per heavy atom. The minimum atomic E-state index is -0.710. The molecule has 1 aromatic carbocycles. The molecule has 9 nitrogen and oxygen atoms in total. The minimum Gasteiger partial charge on any atom is -0.452 e. The van der Waals surface area contributed by atoms with Crippen LogP contribution in [0, 0.1) is 6.92 Å². The lowest BCUT2D eigenvalue weighted by atomic mass is 10.2. The second-order valence-corrected chi connectivity index (χ2v) is 6.61. The summed E-state index contributed by atoms with van der Waals surface area (Å²) in [5.74, 6) is -1.67. The molecule has 2 heterocycles. The third kappa shape index (κ3) is 4.69. The molecule has 0 aliphatic rings. The molecule has 29 heavy (non-hydrogen) atoms. The van der Waals surface area contributed by atoms with E-state index in [0.717, 1.165) is 4.90 Å².